The molecule has 0 aliphatic rings. The molecule has 0 aliphatic carbocycles. The van der Waals surface area contributed by atoms with E-state index in [1.54, 1.807) is 6.07 Å². The number of hydrogen-bond donors (Lipinski definition) is 4. The number of nitrogens with one attached hydrogen (secondary N) is 2. The van der Waals surface area contributed by atoms with E-state index in [1.165, 1.54) is 18.3 Å². The van der Waals surface area contributed by atoms with Crippen molar-refractivity contribution in [3.8, 4) is 11.5 Å². The van der Waals surface area contributed by atoms with Crippen LogP contribution in [-0.4, -0.2) is 26.3 Å². The molecule has 1 aromatic heterocycles. The maximum Gasteiger partial charge on any atom is 0.260 e. The highest BCUT2D eigenvalue weighted by atomic mass is 16.3. The number of aromatic nitrogens is 2. The van der Waals surface area contributed by atoms with Gasteiger partial charge in [0.15, 0.2) is 0 Å². The lowest BCUT2D eigenvalue weighted by Gasteiger charge is -2.04. The average molecular weight is 219 g/mol. The van der Waals surface area contributed by atoms with Gasteiger partial charge in [0.05, 0.1) is 11.8 Å². The predicted octanol–water partition coefficient (Wildman–Crippen LogP) is 1.07. The summed E-state index contributed by atoms with van der Waals surface area (Å²) in [7, 11) is 0. The molecule has 0 saturated carbocycles. The molecule has 0 atom stereocenters. The van der Waals surface area contributed by atoms with Crippen molar-refractivity contribution in [2.24, 2.45) is 0 Å². The number of amides is 1. The summed E-state index contributed by atoms with van der Waals surface area (Å²) in [4.78, 5) is 11.6. The molecule has 6 heteroatoms. The number of aromatic amines is 1. The van der Waals surface area contributed by atoms with E-state index in [-0.39, 0.29) is 17.1 Å². The van der Waals surface area contributed by atoms with Crippen LogP contribution in [0.3, 0.4) is 0 Å². The normalized spacial score (nSPS) is 10.0. The van der Waals surface area contributed by atoms with Crippen LogP contribution in [0.15, 0.2) is 30.5 Å². The molecule has 82 valence electrons. The summed E-state index contributed by atoms with van der Waals surface area (Å²) in [5, 5.41) is 27.2. The molecule has 4 N–H and O–H groups in total. The second-order valence-corrected chi connectivity index (χ2v) is 3.13. The molecule has 0 saturated heterocycles. The van der Waals surface area contributed by atoms with Crippen molar-refractivity contribution in [2.45, 2.75) is 0 Å². The molecule has 0 unspecified atom stereocenters. The highest BCUT2D eigenvalue weighted by Gasteiger charge is 2.11. The van der Waals surface area contributed by atoms with E-state index in [2.05, 4.69) is 15.5 Å². The van der Waals surface area contributed by atoms with Crippen LogP contribution >= 0.6 is 0 Å². The molecule has 2 aromatic rings. The fourth-order valence-electron chi connectivity index (χ4n) is 1.23. The van der Waals surface area contributed by atoms with Gasteiger partial charge in [0.2, 0.25) is 0 Å². The van der Waals surface area contributed by atoms with Crippen LogP contribution in [0.1, 0.15) is 10.4 Å². The van der Waals surface area contributed by atoms with E-state index in [1.807, 2.05) is 0 Å². The highest BCUT2D eigenvalue weighted by Crippen LogP contribution is 2.23. The van der Waals surface area contributed by atoms with Crippen molar-refractivity contribution in [3.05, 3.63) is 36.0 Å². The zero-order valence-corrected chi connectivity index (χ0v) is 8.14. The summed E-state index contributed by atoms with van der Waals surface area (Å²) >= 11 is 0. The maximum absolute atomic E-state index is 11.6. The smallest absolute Gasteiger partial charge is 0.260 e. The Hall–Kier alpha value is -2.50. The van der Waals surface area contributed by atoms with Crippen molar-refractivity contribution in [1.29, 1.82) is 0 Å². The third-order valence-corrected chi connectivity index (χ3v) is 1.97. The lowest BCUT2D eigenvalue weighted by atomic mass is 10.2. The van der Waals surface area contributed by atoms with Gasteiger partial charge in [-0.05, 0) is 12.1 Å². The first kappa shape index (κ1) is 10.0. The first-order chi connectivity index (χ1) is 7.66. The van der Waals surface area contributed by atoms with Crippen molar-refractivity contribution < 1.29 is 15.0 Å². The maximum atomic E-state index is 11.6. The van der Waals surface area contributed by atoms with Gasteiger partial charge < -0.3 is 15.5 Å². The summed E-state index contributed by atoms with van der Waals surface area (Å²) < 4.78 is 0. The lowest BCUT2D eigenvalue weighted by Crippen LogP contribution is -2.12. The van der Waals surface area contributed by atoms with E-state index < -0.39 is 5.91 Å². The molecular weight excluding hydrogens is 210 g/mol. The van der Waals surface area contributed by atoms with Gasteiger partial charge in [-0.3, -0.25) is 9.89 Å². The lowest BCUT2D eigenvalue weighted by molar-refractivity contribution is 0.102. The Morgan fingerprint density at radius 3 is 2.75 bits per heavy atom. The van der Waals surface area contributed by atoms with E-state index in [0.29, 0.717) is 5.82 Å². The minimum absolute atomic E-state index is 0.0763. The van der Waals surface area contributed by atoms with Crippen LogP contribution in [0.5, 0.6) is 11.5 Å². The molecular formula is C10H9N3O3. The number of carbonyl (C=O) groups excluding carboxylic acids is 1. The van der Waals surface area contributed by atoms with Crippen molar-refractivity contribution in [3.63, 3.8) is 0 Å². The first-order valence-electron chi connectivity index (χ1n) is 4.49. The third-order valence-electron chi connectivity index (χ3n) is 1.97. The van der Waals surface area contributed by atoms with Gasteiger partial charge in [-0.15, -0.1) is 0 Å². The molecule has 0 radical (unpaired) electrons. The predicted molar refractivity (Wildman–Crippen MR) is 56.3 cm³/mol. The SMILES string of the molecule is O=C(Nc1ccn[nH]1)c1ccc(O)cc1O. The molecule has 0 aliphatic heterocycles. The minimum atomic E-state index is -0.484. The number of rotatable bonds is 2. The Morgan fingerprint density at radius 1 is 1.31 bits per heavy atom. The summed E-state index contributed by atoms with van der Waals surface area (Å²) in [6, 6.07) is 5.33. The van der Waals surface area contributed by atoms with Gasteiger partial charge in [-0.1, -0.05) is 0 Å². The van der Waals surface area contributed by atoms with Crippen LogP contribution in [0, 0.1) is 0 Å². The quantitative estimate of drug-likeness (QED) is 0.607. The van der Waals surface area contributed by atoms with Crippen molar-refractivity contribution in [1.82, 2.24) is 10.2 Å². The molecule has 0 fully saturated rings. The van der Waals surface area contributed by atoms with Gasteiger partial charge in [-0.2, -0.15) is 5.10 Å². The number of carbonyl (C=O) groups is 1. The molecule has 0 bridgehead atoms. The number of aromatic hydroxyl groups is 2. The number of hydrogen-bond acceptors (Lipinski definition) is 4. The van der Waals surface area contributed by atoms with Gasteiger partial charge in [-0.25, -0.2) is 0 Å². The van der Waals surface area contributed by atoms with Crippen LogP contribution in [-0.2, 0) is 0 Å². The molecule has 1 amide bonds. The van der Waals surface area contributed by atoms with Crippen LogP contribution < -0.4 is 5.32 Å². The topological polar surface area (TPSA) is 98.2 Å². The number of anilines is 1. The summed E-state index contributed by atoms with van der Waals surface area (Å²) in [6.45, 7) is 0. The summed E-state index contributed by atoms with van der Waals surface area (Å²) in [5.41, 5.74) is 0.0763. The van der Waals surface area contributed by atoms with E-state index in [9.17, 15) is 9.90 Å². The zero-order chi connectivity index (χ0) is 11.5. The van der Waals surface area contributed by atoms with Crippen LogP contribution in [0.25, 0.3) is 0 Å². The van der Waals surface area contributed by atoms with Crippen LogP contribution in [0.4, 0.5) is 5.82 Å². The summed E-state index contributed by atoms with van der Waals surface area (Å²) in [5.74, 6) is -0.438. The standard InChI is InChI=1S/C10H9N3O3/c14-6-1-2-7(8(15)5-6)10(16)12-9-3-4-11-13-9/h1-5,14-15H,(H2,11,12,13,16). The Kier molecular flexibility index (Phi) is 2.47. The zero-order valence-electron chi connectivity index (χ0n) is 8.14. The summed E-state index contributed by atoms with van der Waals surface area (Å²) in [6.07, 6.45) is 1.49. The van der Waals surface area contributed by atoms with E-state index >= 15 is 0 Å². The second kappa shape index (κ2) is 3.93. The fourth-order valence-corrected chi connectivity index (χ4v) is 1.23. The van der Waals surface area contributed by atoms with Crippen molar-refractivity contribution >= 4 is 11.7 Å². The Labute approximate surface area is 90.6 Å². The molecule has 6 nitrogen and oxygen atoms in total. The van der Waals surface area contributed by atoms with Crippen molar-refractivity contribution in [2.75, 3.05) is 5.32 Å². The molecule has 16 heavy (non-hydrogen) atoms. The number of phenolic OH excluding ortho intramolecular Hbond substituents is 2. The second-order valence-electron chi connectivity index (χ2n) is 3.13. The van der Waals surface area contributed by atoms with E-state index in [4.69, 9.17) is 5.11 Å². The van der Waals surface area contributed by atoms with Gasteiger partial charge in [0.25, 0.3) is 5.91 Å². The number of H-pyrrole nitrogens is 1. The molecule has 1 heterocycles. The number of phenols is 2. The third kappa shape index (κ3) is 1.95. The molecule has 0 spiro atoms. The monoisotopic (exact) mass is 219 g/mol. The largest absolute Gasteiger partial charge is 0.508 e. The van der Waals surface area contributed by atoms with Gasteiger partial charge in [0.1, 0.15) is 17.3 Å². The number of benzene rings is 1. The Morgan fingerprint density at radius 2 is 2.12 bits per heavy atom. The molecule has 2 rings (SSSR count). The highest BCUT2D eigenvalue weighted by molar-refractivity contribution is 6.05. The van der Waals surface area contributed by atoms with Gasteiger partial charge >= 0.3 is 0 Å². The van der Waals surface area contributed by atoms with Crippen LogP contribution in [0.2, 0.25) is 0 Å². The van der Waals surface area contributed by atoms with Gasteiger partial charge in [0, 0.05) is 12.1 Å². The van der Waals surface area contributed by atoms with E-state index in [0.717, 1.165) is 6.07 Å². The fraction of sp³-hybridized carbons (Fsp3) is 0. The Bertz CT molecular complexity index is 508. The number of nitrogens with zero attached hydrogens (tertiary/aromatic N) is 1. The average Bonchev–Trinajstić information content (AvgIpc) is 2.70. The Balaban J connectivity index is 2.21. The molecule has 1 aromatic carbocycles. The first-order valence-corrected chi connectivity index (χ1v) is 4.49. The minimum Gasteiger partial charge on any atom is -0.508 e.